The molecule has 7 heteroatoms. The summed E-state index contributed by atoms with van der Waals surface area (Å²) in [6.07, 6.45) is 0. The summed E-state index contributed by atoms with van der Waals surface area (Å²) in [6.45, 7) is 0.703. The van der Waals surface area contributed by atoms with E-state index in [0.717, 1.165) is 5.56 Å². The summed E-state index contributed by atoms with van der Waals surface area (Å²) >= 11 is 0. The van der Waals surface area contributed by atoms with Gasteiger partial charge in [-0.15, -0.1) is 0 Å². The lowest BCUT2D eigenvalue weighted by Crippen LogP contribution is -2.29. The molecule has 2 aromatic carbocycles. The van der Waals surface area contributed by atoms with E-state index in [0.29, 0.717) is 29.3 Å². The summed E-state index contributed by atoms with van der Waals surface area (Å²) < 4.78 is 15.2. The van der Waals surface area contributed by atoms with Gasteiger partial charge in [0.1, 0.15) is 0 Å². The molecule has 0 aliphatic carbocycles. The van der Waals surface area contributed by atoms with Gasteiger partial charge in [0.15, 0.2) is 11.5 Å². The fourth-order valence-corrected chi connectivity index (χ4v) is 2.37. The zero-order valence-electron chi connectivity index (χ0n) is 13.7. The molecule has 25 heavy (non-hydrogen) atoms. The van der Waals surface area contributed by atoms with Crippen molar-refractivity contribution in [2.45, 2.75) is 6.54 Å². The molecule has 0 fully saturated rings. The summed E-state index contributed by atoms with van der Waals surface area (Å²) in [5.74, 6) is 0.809. The minimum Gasteiger partial charge on any atom is -0.465 e. The molecule has 0 saturated carbocycles. The first-order chi connectivity index (χ1) is 12.2. The molecule has 0 bridgehead atoms. The number of rotatable bonds is 6. The van der Waals surface area contributed by atoms with Gasteiger partial charge in [-0.2, -0.15) is 0 Å². The number of esters is 1. The van der Waals surface area contributed by atoms with Crippen LogP contribution < -0.4 is 20.1 Å². The van der Waals surface area contributed by atoms with E-state index in [1.807, 2.05) is 18.2 Å². The highest BCUT2D eigenvalue weighted by Crippen LogP contribution is 2.32. The van der Waals surface area contributed by atoms with Gasteiger partial charge in [0.05, 0.1) is 19.2 Å². The van der Waals surface area contributed by atoms with E-state index >= 15 is 0 Å². The van der Waals surface area contributed by atoms with E-state index in [9.17, 15) is 9.59 Å². The van der Waals surface area contributed by atoms with Crippen molar-refractivity contribution in [1.29, 1.82) is 0 Å². The average Bonchev–Trinajstić information content (AvgIpc) is 3.12. The van der Waals surface area contributed by atoms with Crippen molar-refractivity contribution < 1.29 is 23.8 Å². The Bertz CT molecular complexity index is 791. The van der Waals surface area contributed by atoms with Crippen LogP contribution in [0, 0.1) is 0 Å². The van der Waals surface area contributed by atoms with Crippen molar-refractivity contribution in [2.75, 3.05) is 25.8 Å². The van der Waals surface area contributed by atoms with Crippen LogP contribution in [0.1, 0.15) is 15.9 Å². The molecule has 7 nitrogen and oxygen atoms in total. The van der Waals surface area contributed by atoms with Gasteiger partial charge in [0, 0.05) is 12.2 Å². The highest BCUT2D eigenvalue weighted by Gasteiger charge is 2.13. The maximum Gasteiger partial charge on any atom is 0.337 e. The van der Waals surface area contributed by atoms with Gasteiger partial charge in [-0.25, -0.2) is 4.79 Å². The second kappa shape index (κ2) is 7.57. The smallest absolute Gasteiger partial charge is 0.337 e. The number of nitrogens with one attached hydrogen (secondary N) is 2. The minimum atomic E-state index is -0.420. The summed E-state index contributed by atoms with van der Waals surface area (Å²) in [6, 6.07) is 12.3. The number of carbonyl (C=O) groups is 2. The summed E-state index contributed by atoms with van der Waals surface area (Å²) in [7, 11) is 1.33. The molecular formula is C18H18N2O5. The lowest BCUT2D eigenvalue weighted by atomic mass is 10.2. The molecule has 1 aliphatic heterocycles. The minimum absolute atomic E-state index is 0.0924. The molecule has 0 atom stereocenters. The summed E-state index contributed by atoms with van der Waals surface area (Å²) in [4.78, 5) is 23.5. The van der Waals surface area contributed by atoms with E-state index in [1.165, 1.54) is 7.11 Å². The Hall–Kier alpha value is -3.22. The van der Waals surface area contributed by atoms with Gasteiger partial charge in [0.25, 0.3) is 0 Å². The summed E-state index contributed by atoms with van der Waals surface area (Å²) in [5, 5.41) is 5.80. The third-order valence-corrected chi connectivity index (χ3v) is 3.66. The van der Waals surface area contributed by atoms with Gasteiger partial charge in [0.2, 0.25) is 12.7 Å². The monoisotopic (exact) mass is 342 g/mol. The van der Waals surface area contributed by atoms with Crippen LogP contribution in [-0.2, 0) is 16.1 Å². The van der Waals surface area contributed by atoms with Crippen molar-refractivity contribution in [1.82, 2.24) is 5.32 Å². The molecule has 0 unspecified atom stereocenters. The predicted molar refractivity (Wildman–Crippen MR) is 90.7 cm³/mol. The van der Waals surface area contributed by atoms with Gasteiger partial charge in [-0.1, -0.05) is 12.1 Å². The van der Waals surface area contributed by atoms with Crippen molar-refractivity contribution in [2.24, 2.45) is 0 Å². The van der Waals surface area contributed by atoms with Crippen molar-refractivity contribution in [3.05, 3.63) is 53.6 Å². The third-order valence-electron chi connectivity index (χ3n) is 3.66. The number of hydrogen-bond donors (Lipinski definition) is 2. The van der Waals surface area contributed by atoms with Crippen LogP contribution in [0.4, 0.5) is 5.69 Å². The van der Waals surface area contributed by atoms with Gasteiger partial charge < -0.3 is 24.8 Å². The first-order valence-electron chi connectivity index (χ1n) is 7.73. The van der Waals surface area contributed by atoms with Gasteiger partial charge >= 0.3 is 5.97 Å². The zero-order chi connectivity index (χ0) is 17.6. The number of anilines is 1. The van der Waals surface area contributed by atoms with Crippen LogP contribution in [0.2, 0.25) is 0 Å². The van der Waals surface area contributed by atoms with Crippen LogP contribution in [0.15, 0.2) is 42.5 Å². The van der Waals surface area contributed by atoms with Crippen molar-refractivity contribution in [3.63, 3.8) is 0 Å². The Morgan fingerprint density at radius 1 is 1.12 bits per heavy atom. The van der Waals surface area contributed by atoms with Crippen molar-refractivity contribution in [3.8, 4) is 11.5 Å². The second-order valence-electron chi connectivity index (χ2n) is 5.39. The molecule has 1 heterocycles. The standard InChI is InChI=1S/C18H18N2O5/c1-23-18(22)13-3-2-4-14(8-13)19-10-17(21)20-9-12-5-6-15-16(7-12)25-11-24-15/h2-8,19H,9-11H2,1H3,(H,20,21). The molecule has 2 aromatic rings. The Balaban J connectivity index is 1.49. The molecule has 1 aliphatic rings. The average molecular weight is 342 g/mol. The lowest BCUT2D eigenvalue weighted by Gasteiger charge is -2.09. The topological polar surface area (TPSA) is 85.9 Å². The largest absolute Gasteiger partial charge is 0.465 e. The predicted octanol–water partition coefficient (Wildman–Crippen LogP) is 1.93. The molecule has 0 saturated heterocycles. The zero-order valence-corrected chi connectivity index (χ0v) is 13.7. The Kier molecular flexibility index (Phi) is 5.03. The van der Waals surface area contributed by atoms with E-state index in [-0.39, 0.29) is 19.2 Å². The van der Waals surface area contributed by atoms with E-state index in [4.69, 9.17) is 9.47 Å². The Labute approximate surface area is 144 Å². The number of benzene rings is 2. The Morgan fingerprint density at radius 3 is 2.80 bits per heavy atom. The fraction of sp³-hybridized carbons (Fsp3) is 0.222. The van der Waals surface area contributed by atoms with E-state index < -0.39 is 5.97 Å². The van der Waals surface area contributed by atoms with Crippen molar-refractivity contribution >= 4 is 17.6 Å². The molecule has 2 N–H and O–H groups in total. The number of ether oxygens (including phenoxy) is 3. The number of methoxy groups -OCH3 is 1. The van der Waals surface area contributed by atoms with Gasteiger partial charge in [-0.05, 0) is 35.9 Å². The van der Waals surface area contributed by atoms with Crippen LogP contribution >= 0.6 is 0 Å². The molecule has 0 spiro atoms. The number of carbonyl (C=O) groups excluding carboxylic acids is 2. The highest BCUT2D eigenvalue weighted by atomic mass is 16.7. The maximum absolute atomic E-state index is 12.0. The molecule has 0 radical (unpaired) electrons. The first kappa shape index (κ1) is 16.6. The van der Waals surface area contributed by atoms with Crippen LogP contribution in [0.5, 0.6) is 11.5 Å². The van der Waals surface area contributed by atoms with E-state index in [2.05, 4.69) is 15.4 Å². The molecule has 3 rings (SSSR count). The quantitative estimate of drug-likeness (QED) is 0.780. The van der Waals surface area contributed by atoms with Gasteiger partial charge in [-0.3, -0.25) is 4.79 Å². The third kappa shape index (κ3) is 4.20. The number of fused-ring (bicyclic) bond motifs is 1. The molecule has 1 amide bonds. The molecule has 0 aromatic heterocycles. The number of hydrogen-bond acceptors (Lipinski definition) is 6. The molecular weight excluding hydrogens is 324 g/mol. The second-order valence-corrected chi connectivity index (χ2v) is 5.39. The summed E-state index contributed by atoms with van der Waals surface area (Å²) in [5.41, 5.74) is 2.01. The van der Waals surface area contributed by atoms with Crippen LogP contribution in [-0.4, -0.2) is 32.3 Å². The lowest BCUT2D eigenvalue weighted by molar-refractivity contribution is -0.119. The Morgan fingerprint density at radius 2 is 1.96 bits per heavy atom. The van der Waals surface area contributed by atoms with Crippen LogP contribution in [0.3, 0.4) is 0 Å². The highest BCUT2D eigenvalue weighted by molar-refractivity contribution is 5.90. The normalized spacial score (nSPS) is 11.7. The SMILES string of the molecule is COC(=O)c1cccc(NCC(=O)NCc2ccc3c(c2)OCO3)c1. The number of amides is 1. The van der Waals surface area contributed by atoms with Crippen LogP contribution in [0.25, 0.3) is 0 Å². The van der Waals surface area contributed by atoms with E-state index in [1.54, 1.807) is 24.3 Å². The fourth-order valence-electron chi connectivity index (χ4n) is 2.37. The molecule has 130 valence electrons. The maximum atomic E-state index is 12.0. The first-order valence-corrected chi connectivity index (χ1v) is 7.73.